The van der Waals surface area contributed by atoms with E-state index in [1.807, 2.05) is 12.1 Å². The van der Waals surface area contributed by atoms with E-state index < -0.39 is 0 Å². The molecule has 4 nitrogen and oxygen atoms in total. The largest absolute Gasteiger partial charge is 0.481 e. The summed E-state index contributed by atoms with van der Waals surface area (Å²) in [5.41, 5.74) is 1.12. The fraction of sp³-hybridized carbons (Fsp3) is 0.667. The van der Waals surface area contributed by atoms with E-state index in [1.54, 1.807) is 13.3 Å². The Morgan fingerprint density at radius 1 is 1.47 bits per heavy atom. The molecule has 2 heterocycles. The molecule has 1 atom stereocenters. The standard InChI is InChI=1S/C15H24N2O2/c1-4-15(5-2)11-13(7-9-19-15)17-12-6-8-16-14(10-12)18-3/h6,8,10,13H,4-5,7,9,11H2,1-3H3,(H,16,17). The lowest BCUT2D eigenvalue weighted by Gasteiger charge is -2.40. The quantitative estimate of drug-likeness (QED) is 0.886. The Kier molecular flexibility index (Phi) is 4.64. The Morgan fingerprint density at radius 2 is 2.26 bits per heavy atom. The molecular weight excluding hydrogens is 240 g/mol. The van der Waals surface area contributed by atoms with Crippen LogP contribution in [0.5, 0.6) is 5.88 Å². The number of anilines is 1. The van der Waals surface area contributed by atoms with Gasteiger partial charge in [0.25, 0.3) is 0 Å². The predicted octanol–water partition coefficient (Wildman–Crippen LogP) is 3.24. The Labute approximate surface area is 115 Å². The van der Waals surface area contributed by atoms with Crippen molar-refractivity contribution in [3.63, 3.8) is 0 Å². The predicted molar refractivity (Wildman–Crippen MR) is 76.7 cm³/mol. The normalized spacial score (nSPS) is 21.9. The van der Waals surface area contributed by atoms with Gasteiger partial charge >= 0.3 is 0 Å². The van der Waals surface area contributed by atoms with E-state index in [0.717, 1.165) is 38.0 Å². The van der Waals surface area contributed by atoms with Crippen LogP contribution in [0.2, 0.25) is 0 Å². The van der Waals surface area contributed by atoms with Crippen LogP contribution < -0.4 is 10.1 Å². The number of ether oxygens (including phenoxy) is 2. The van der Waals surface area contributed by atoms with Gasteiger partial charge in [0.2, 0.25) is 5.88 Å². The van der Waals surface area contributed by atoms with Crippen molar-refractivity contribution in [2.45, 2.75) is 51.2 Å². The van der Waals surface area contributed by atoms with Crippen molar-refractivity contribution in [1.82, 2.24) is 4.98 Å². The molecule has 1 aliphatic rings. The van der Waals surface area contributed by atoms with Gasteiger partial charge in [0.05, 0.1) is 12.7 Å². The third-order valence-corrected chi connectivity index (χ3v) is 4.10. The SMILES string of the molecule is CCC1(CC)CC(Nc2ccnc(OC)c2)CCO1. The summed E-state index contributed by atoms with van der Waals surface area (Å²) in [5.74, 6) is 0.648. The number of nitrogens with one attached hydrogen (secondary N) is 1. The van der Waals surface area contributed by atoms with Crippen LogP contribution in [0, 0.1) is 0 Å². The van der Waals surface area contributed by atoms with Crippen LogP contribution in [0.15, 0.2) is 18.3 Å². The Bertz CT molecular complexity index is 405. The molecule has 19 heavy (non-hydrogen) atoms. The Hall–Kier alpha value is -1.29. The summed E-state index contributed by atoms with van der Waals surface area (Å²) < 4.78 is 11.2. The third-order valence-electron chi connectivity index (χ3n) is 4.10. The van der Waals surface area contributed by atoms with Crippen molar-refractivity contribution in [3.8, 4) is 5.88 Å². The molecule has 0 bridgehead atoms. The van der Waals surface area contributed by atoms with Gasteiger partial charge < -0.3 is 14.8 Å². The summed E-state index contributed by atoms with van der Waals surface area (Å²) in [4.78, 5) is 4.12. The van der Waals surface area contributed by atoms with Crippen molar-refractivity contribution < 1.29 is 9.47 Å². The summed E-state index contributed by atoms with van der Waals surface area (Å²) in [6, 6.07) is 4.38. The van der Waals surface area contributed by atoms with Crippen LogP contribution in [0.1, 0.15) is 39.5 Å². The molecule has 0 aromatic carbocycles. The fourth-order valence-corrected chi connectivity index (χ4v) is 2.74. The van der Waals surface area contributed by atoms with Gasteiger partial charge in [-0.15, -0.1) is 0 Å². The highest BCUT2D eigenvalue weighted by Gasteiger charge is 2.34. The van der Waals surface area contributed by atoms with Gasteiger partial charge in [0.1, 0.15) is 0 Å². The number of rotatable bonds is 5. The third kappa shape index (κ3) is 3.38. The second-order valence-electron chi connectivity index (χ2n) is 5.16. The van der Waals surface area contributed by atoms with E-state index in [0.29, 0.717) is 11.9 Å². The van der Waals surface area contributed by atoms with E-state index in [4.69, 9.17) is 9.47 Å². The molecule has 0 radical (unpaired) electrons. The van der Waals surface area contributed by atoms with Gasteiger partial charge in [-0.2, -0.15) is 0 Å². The highest BCUT2D eigenvalue weighted by molar-refractivity contribution is 5.46. The average Bonchev–Trinajstić information content (AvgIpc) is 2.47. The fourth-order valence-electron chi connectivity index (χ4n) is 2.74. The summed E-state index contributed by atoms with van der Waals surface area (Å²) in [5, 5.41) is 3.58. The molecule has 0 spiro atoms. The minimum atomic E-state index is 0.0486. The molecular formula is C15H24N2O2. The molecule has 106 valence electrons. The Balaban J connectivity index is 2.02. The van der Waals surface area contributed by atoms with E-state index in [1.165, 1.54) is 0 Å². The molecule has 0 saturated carbocycles. The van der Waals surface area contributed by atoms with Gasteiger partial charge in [-0.1, -0.05) is 13.8 Å². The highest BCUT2D eigenvalue weighted by Crippen LogP contribution is 2.32. The lowest BCUT2D eigenvalue weighted by atomic mass is 9.86. The van der Waals surface area contributed by atoms with Crippen molar-refractivity contribution in [3.05, 3.63) is 18.3 Å². The zero-order valence-electron chi connectivity index (χ0n) is 12.1. The molecule has 1 N–H and O–H groups in total. The molecule has 1 fully saturated rings. The summed E-state index contributed by atoms with van der Waals surface area (Å²) in [7, 11) is 1.64. The molecule has 1 aromatic heterocycles. The molecule has 1 saturated heterocycles. The summed E-state index contributed by atoms with van der Waals surface area (Å²) in [6.45, 7) is 5.25. The first kappa shape index (κ1) is 14.1. The van der Waals surface area contributed by atoms with E-state index in [9.17, 15) is 0 Å². The summed E-state index contributed by atoms with van der Waals surface area (Å²) in [6.07, 6.45) is 6.02. The van der Waals surface area contributed by atoms with Gasteiger partial charge in [-0.3, -0.25) is 0 Å². The monoisotopic (exact) mass is 264 g/mol. The van der Waals surface area contributed by atoms with Gasteiger partial charge in [0.15, 0.2) is 0 Å². The molecule has 1 aromatic rings. The van der Waals surface area contributed by atoms with Crippen molar-refractivity contribution in [2.24, 2.45) is 0 Å². The molecule has 4 heteroatoms. The number of nitrogens with zero attached hydrogens (tertiary/aromatic N) is 1. The Morgan fingerprint density at radius 3 is 2.95 bits per heavy atom. The van der Waals surface area contributed by atoms with Crippen molar-refractivity contribution >= 4 is 5.69 Å². The zero-order valence-corrected chi connectivity index (χ0v) is 12.1. The molecule has 0 amide bonds. The van der Waals surface area contributed by atoms with E-state index >= 15 is 0 Å². The van der Waals surface area contributed by atoms with Crippen LogP contribution in [-0.2, 0) is 4.74 Å². The first-order valence-electron chi connectivity index (χ1n) is 7.12. The number of pyridine rings is 1. The summed E-state index contributed by atoms with van der Waals surface area (Å²) >= 11 is 0. The van der Waals surface area contributed by atoms with Crippen LogP contribution in [0.25, 0.3) is 0 Å². The van der Waals surface area contributed by atoms with Gasteiger partial charge in [0, 0.05) is 30.6 Å². The maximum atomic E-state index is 6.00. The zero-order chi connectivity index (χ0) is 13.7. The first-order chi connectivity index (χ1) is 9.21. The minimum absolute atomic E-state index is 0.0486. The lowest BCUT2D eigenvalue weighted by Crippen LogP contribution is -2.43. The van der Waals surface area contributed by atoms with Crippen molar-refractivity contribution in [2.75, 3.05) is 19.0 Å². The maximum absolute atomic E-state index is 6.00. The second kappa shape index (κ2) is 6.24. The second-order valence-corrected chi connectivity index (χ2v) is 5.16. The van der Waals surface area contributed by atoms with Gasteiger partial charge in [-0.25, -0.2) is 4.98 Å². The maximum Gasteiger partial charge on any atom is 0.214 e. The van der Waals surface area contributed by atoms with Crippen LogP contribution >= 0.6 is 0 Å². The smallest absolute Gasteiger partial charge is 0.214 e. The molecule has 1 aliphatic heterocycles. The topological polar surface area (TPSA) is 43.4 Å². The molecule has 2 rings (SSSR count). The van der Waals surface area contributed by atoms with Gasteiger partial charge in [-0.05, 0) is 31.7 Å². The highest BCUT2D eigenvalue weighted by atomic mass is 16.5. The minimum Gasteiger partial charge on any atom is -0.481 e. The van der Waals surface area contributed by atoms with Crippen LogP contribution in [0.3, 0.4) is 0 Å². The van der Waals surface area contributed by atoms with E-state index in [-0.39, 0.29) is 5.60 Å². The number of hydrogen-bond acceptors (Lipinski definition) is 4. The molecule has 0 aliphatic carbocycles. The number of hydrogen-bond donors (Lipinski definition) is 1. The first-order valence-corrected chi connectivity index (χ1v) is 7.12. The average molecular weight is 264 g/mol. The van der Waals surface area contributed by atoms with E-state index in [2.05, 4.69) is 24.1 Å². The molecule has 1 unspecified atom stereocenters. The van der Waals surface area contributed by atoms with Crippen molar-refractivity contribution in [1.29, 1.82) is 0 Å². The van der Waals surface area contributed by atoms with Crippen LogP contribution in [0.4, 0.5) is 5.69 Å². The number of methoxy groups -OCH3 is 1. The number of aromatic nitrogens is 1. The van der Waals surface area contributed by atoms with Crippen LogP contribution in [-0.4, -0.2) is 30.3 Å². The lowest BCUT2D eigenvalue weighted by molar-refractivity contribution is -0.0864.